The molecule has 1 nitrogen and oxygen atoms in total. The topological polar surface area (TPSA) is 4.93 Å². The Bertz CT molecular complexity index is 2670. The molecule has 0 bridgehead atoms. The van der Waals surface area contributed by atoms with Gasteiger partial charge in [-0.05, 0) is 84.5 Å². The summed E-state index contributed by atoms with van der Waals surface area (Å²) in [6.45, 7) is 0. The third-order valence-electron chi connectivity index (χ3n) is 9.66. The fraction of sp³-hybridized carbons (Fsp3) is 0. The van der Waals surface area contributed by atoms with E-state index >= 15 is 0 Å². The number of fused-ring (bicyclic) bond motifs is 8. The minimum atomic E-state index is 1.23. The first-order chi connectivity index (χ1) is 22.3. The van der Waals surface area contributed by atoms with Crippen molar-refractivity contribution in [3.05, 3.63) is 164 Å². The van der Waals surface area contributed by atoms with Crippen LogP contribution in [0.25, 0.3) is 92.5 Å². The predicted octanol–water partition coefficient (Wildman–Crippen LogP) is 12.2. The largest absolute Gasteiger partial charge is 0.308 e. The first kappa shape index (κ1) is 24.5. The van der Waals surface area contributed by atoms with Crippen LogP contribution in [0.2, 0.25) is 0 Å². The lowest BCUT2D eigenvalue weighted by Crippen LogP contribution is -1.99. The van der Waals surface area contributed by atoms with Crippen molar-refractivity contribution in [3.8, 4) is 16.8 Å². The van der Waals surface area contributed by atoms with Crippen molar-refractivity contribution in [2.75, 3.05) is 0 Å². The molecule has 0 amide bonds. The molecule has 0 saturated heterocycles. The summed E-state index contributed by atoms with van der Waals surface area (Å²) in [7, 11) is 0. The minimum absolute atomic E-state index is 1.23. The second-order valence-electron chi connectivity index (χ2n) is 12.1. The first-order valence-corrected chi connectivity index (χ1v) is 15.6. The highest BCUT2D eigenvalue weighted by atomic mass is 15.0. The van der Waals surface area contributed by atoms with Crippen molar-refractivity contribution < 1.29 is 0 Å². The third kappa shape index (κ3) is 3.56. The summed E-state index contributed by atoms with van der Waals surface area (Å²) in [5.74, 6) is 0. The van der Waals surface area contributed by atoms with Gasteiger partial charge in [-0.25, -0.2) is 0 Å². The highest BCUT2D eigenvalue weighted by Crippen LogP contribution is 2.45. The Morgan fingerprint density at radius 2 is 0.689 bits per heavy atom. The summed E-state index contributed by atoms with van der Waals surface area (Å²) in [6, 6.07) is 60.5. The van der Waals surface area contributed by atoms with Gasteiger partial charge in [0.25, 0.3) is 0 Å². The van der Waals surface area contributed by atoms with Gasteiger partial charge < -0.3 is 4.57 Å². The lowest BCUT2D eigenvalue weighted by molar-refractivity contribution is 1.22. The summed E-state index contributed by atoms with van der Waals surface area (Å²) in [5.41, 5.74) is 6.22. The van der Waals surface area contributed by atoms with Gasteiger partial charge in [0.1, 0.15) is 0 Å². The standard InChI is InChI=1S/C44H27N/c1-2-12-29-23-34(22-21-28(29)11-1)43-35-17-7-9-19-37(35)44(38-20-10-8-18-36(38)43)45-41-26-32-15-5-3-13-30(32)24-39(41)40-25-31-14-4-6-16-33(31)27-42(40)45/h1-27H. The molecule has 0 aliphatic heterocycles. The van der Waals surface area contributed by atoms with Gasteiger partial charge in [0.2, 0.25) is 0 Å². The van der Waals surface area contributed by atoms with E-state index in [4.69, 9.17) is 0 Å². The molecule has 0 atom stereocenters. The third-order valence-corrected chi connectivity index (χ3v) is 9.66. The molecule has 0 aliphatic rings. The molecule has 1 aromatic heterocycles. The molecule has 0 fully saturated rings. The Kier molecular flexibility index (Phi) is 5.06. The smallest absolute Gasteiger partial charge is 0.0619 e. The lowest BCUT2D eigenvalue weighted by atomic mass is 9.89. The quantitative estimate of drug-likeness (QED) is 0.183. The molecule has 0 spiro atoms. The fourth-order valence-corrected chi connectivity index (χ4v) is 7.63. The van der Waals surface area contributed by atoms with E-state index in [9.17, 15) is 0 Å². The SMILES string of the molecule is c1ccc2cc(-c3c4ccccc4c(-n4c5cc6ccccc6cc5c5cc6ccccc6cc54)c4ccccc34)ccc2c1. The summed E-state index contributed by atoms with van der Waals surface area (Å²) in [6.07, 6.45) is 0. The molecule has 1 heterocycles. The molecule has 0 aliphatic carbocycles. The molecule has 0 N–H and O–H groups in total. The van der Waals surface area contributed by atoms with Gasteiger partial charge in [-0.2, -0.15) is 0 Å². The number of hydrogen-bond acceptors (Lipinski definition) is 0. The zero-order valence-electron chi connectivity index (χ0n) is 24.5. The van der Waals surface area contributed by atoms with Crippen molar-refractivity contribution in [2.24, 2.45) is 0 Å². The van der Waals surface area contributed by atoms with Crippen molar-refractivity contribution in [3.63, 3.8) is 0 Å². The summed E-state index contributed by atoms with van der Waals surface area (Å²) < 4.78 is 2.54. The second kappa shape index (κ2) is 9.29. The maximum atomic E-state index is 2.54. The highest BCUT2D eigenvalue weighted by Gasteiger charge is 2.21. The van der Waals surface area contributed by atoms with E-state index in [1.165, 1.54) is 92.5 Å². The van der Waals surface area contributed by atoms with E-state index < -0.39 is 0 Å². The van der Waals surface area contributed by atoms with Crippen molar-refractivity contribution in [1.82, 2.24) is 4.57 Å². The van der Waals surface area contributed by atoms with Crippen LogP contribution in [0.3, 0.4) is 0 Å². The molecule has 45 heavy (non-hydrogen) atoms. The molecule has 10 rings (SSSR count). The van der Waals surface area contributed by atoms with Gasteiger partial charge >= 0.3 is 0 Å². The van der Waals surface area contributed by atoms with E-state index in [1.54, 1.807) is 0 Å². The second-order valence-corrected chi connectivity index (χ2v) is 12.1. The number of benzene rings is 9. The Morgan fingerprint density at radius 3 is 1.20 bits per heavy atom. The molecule has 0 unspecified atom stereocenters. The van der Waals surface area contributed by atoms with E-state index in [-0.39, 0.29) is 0 Å². The molecular formula is C44H27N. The zero-order valence-corrected chi connectivity index (χ0v) is 24.5. The van der Waals surface area contributed by atoms with Crippen molar-refractivity contribution >= 4 is 75.7 Å². The highest BCUT2D eigenvalue weighted by molar-refractivity contribution is 6.23. The van der Waals surface area contributed by atoms with Gasteiger partial charge in [0.05, 0.1) is 16.7 Å². The molecule has 9 aromatic carbocycles. The average molecular weight is 570 g/mol. The first-order valence-electron chi connectivity index (χ1n) is 15.6. The van der Waals surface area contributed by atoms with Crippen molar-refractivity contribution in [1.29, 1.82) is 0 Å². The summed E-state index contributed by atoms with van der Waals surface area (Å²) in [5, 5.41) is 15.1. The van der Waals surface area contributed by atoms with E-state index in [0.29, 0.717) is 0 Å². The van der Waals surface area contributed by atoms with Crippen LogP contribution < -0.4 is 0 Å². The monoisotopic (exact) mass is 569 g/mol. The number of nitrogens with zero attached hydrogens (tertiary/aromatic N) is 1. The zero-order chi connectivity index (χ0) is 29.5. The Hall–Kier alpha value is -5.92. The van der Waals surface area contributed by atoms with Crippen LogP contribution in [0, 0.1) is 0 Å². The molecule has 0 radical (unpaired) electrons. The van der Waals surface area contributed by atoms with Gasteiger partial charge in [-0.3, -0.25) is 0 Å². The molecule has 10 aromatic rings. The van der Waals surface area contributed by atoms with Crippen LogP contribution in [-0.2, 0) is 0 Å². The summed E-state index contributed by atoms with van der Waals surface area (Å²) in [4.78, 5) is 0. The molecule has 0 saturated carbocycles. The normalized spacial score (nSPS) is 12.0. The average Bonchev–Trinajstić information content (AvgIpc) is 3.39. The van der Waals surface area contributed by atoms with Gasteiger partial charge in [-0.15, -0.1) is 0 Å². The Morgan fingerprint density at radius 1 is 0.289 bits per heavy atom. The fourth-order valence-electron chi connectivity index (χ4n) is 7.63. The van der Waals surface area contributed by atoms with Crippen LogP contribution in [0.5, 0.6) is 0 Å². The predicted molar refractivity (Wildman–Crippen MR) is 194 cm³/mol. The summed E-state index contributed by atoms with van der Waals surface area (Å²) >= 11 is 0. The Labute approximate surface area is 260 Å². The maximum absolute atomic E-state index is 2.54. The lowest BCUT2D eigenvalue weighted by Gasteiger charge is -2.20. The van der Waals surface area contributed by atoms with Crippen LogP contribution in [-0.4, -0.2) is 4.57 Å². The van der Waals surface area contributed by atoms with Crippen molar-refractivity contribution in [2.45, 2.75) is 0 Å². The molecule has 208 valence electrons. The van der Waals surface area contributed by atoms with Gasteiger partial charge in [-0.1, -0.05) is 133 Å². The number of hydrogen-bond donors (Lipinski definition) is 0. The van der Waals surface area contributed by atoms with Gasteiger partial charge in [0, 0.05) is 21.5 Å². The maximum Gasteiger partial charge on any atom is 0.0619 e. The van der Waals surface area contributed by atoms with Crippen LogP contribution in [0.15, 0.2) is 164 Å². The van der Waals surface area contributed by atoms with E-state index in [1.807, 2.05) is 0 Å². The van der Waals surface area contributed by atoms with Crippen LogP contribution in [0.4, 0.5) is 0 Å². The molecular weight excluding hydrogens is 542 g/mol. The van der Waals surface area contributed by atoms with Crippen LogP contribution in [0.1, 0.15) is 0 Å². The minimum Gasteiger partial charge on any atom is -0.308 e. The van der Waals surface area contributed by atoms with Gasteiger partial charge in [0.15, 0.2) is 0 Å². The van der Waals surface area contributed by atoms with E-state index in [0.717, 1.165) is 0 Å². The van der Waals surface area contributed by atoms with E-state index in [2.05, 4.69) is 168 Å². The number of rotatable bonds is 2. The van der Waals surface area contributed by atoms with Crippen LogP contribution >= 0.6 is 0 Å². The number of aromatic nitrogens is 1. The Balaban J connectivity index is 1.41. The molecule has 1 heteroatoms.